The van der Waals surface area contributed by atoms with Gasteiger partial charge in [-0.2, -0.15) is 0 Å². The number of hydrogen-bond donors (Lipinski definition) is 1. The number of β-lactam (4-membered cyclic amide) rings is 1. The number of carboxylic acid groups (broad SMARTS) is 1. The number of methoxy groups -OCH3 is 1. The van der Waals surface area contributed by atoms with Gasteiger partial charge in [-0.05, 0) is 19.8 Å². The smallest absolute Gasteiger partial charge is 0.408 e. The van der Waals surface area contributed by atoms with Crippen LogP contribution in [0.2, 0.25) is 0 Å². The van der Waals surface area contributed by atoms with Gasteiger partial charge in [-0.25, -0.2) is 9.59 Å². The summed E-state index contributed by atoms with van der Waals surface area (Å²) in [5, 5.41) is 9.12. The van der Waals surface area contributed by atoms with Gasteiger partial charge >= 0.3 is 12.1 Å². The molecule has 0 saturated carbocycles. The van der Waals surface area contributed by atoms with E-state index in [0.29, 0.717) is 19.4 Å². The molecule has 2 aliphatic heterocycles. The van der Waals surface area contributed by atoms with Crippen LogP contribution in [0.15, 0.2) is 11.8 Å². The number of ether oxygens (including phenoxy) is 1. The van der Waals surface area contributed by atoms with Crippen molar-refractivity contribution < 1.29 is 24.2 Å². The highest BCUT2D eigenvalue weighted by atomic mass is 16.5. The Morgan fingerprint density at radius 2 is 2.16 bits per heavy atom. The van der Waals surface area contributed by atoms with Crippen LogP contribution in [0.25, 0.3) is 0 Å². The fourth-order valence-electron chi connectivity index (χ4n) is 2.79. The first-order valence-electron chi connectivity index (χ1n) is 6.05. The van der Waals surface area contributed by atoms with Crippen molar-refractivity contribution in [3.63, 3.8) is 0 Å². The first-order chi connectivity index (χ1) is 8.97. The number of nitrogens with zero attached hydrogens (tertiary/aromatic N) is 2. The Hall–Kier alpha value is -2.05. The van der Waals surface area contributed by atoms with E-state index in [2.05, 4.69) is 4.74 Å². The van der Waals surface area contributed by atoms with Gasteiger partial charge < -0.3 is 14.7 Å². The molecule has 2 rings (SSSR count). The molecule has 1 spiro atoms. The van der Waals surface area contributed by atoms with Crippen LogP contribution in [0.3, 0.4) is 0 Å². The molecule has 2 fully saturated rings. The first kappa shape index (κ1) is 13.4. The predicted octanol–water partition coefficient (Wildman–Crippen LogP) is 0.418. The number of rotatable bonds is 2. The van der Waals surface area contributed by atoms with Gasteiger partial charge in [0, 0.05) is 6.54 Å². The molecule has 1 atom stereocenters. The third kappa shape index (κ3) is 1.76. The summed E-state index contributed by atoms with van der Waals surface area (Å²) in [6.07, 6.45) is 1.57. The van der Waals surface area contributed by atoms with E-state index in [-0.39, 0.29) is 18.1 Å². The highest BCUT2D eigenvalue weighted by molar-refractivity contribution is 6.02. The lowest BCUT2D eigenvalue weighted by atomic mass is 9.85. The van der Waals surface area contributed by atoms with Crippen molar-refractivity contribution >= 4 is 18.0 Å². The highest BCUT2D eigenvalue weighted by Gasteiger charge is 2.61. The maximum atomic E-state index is 12.3. The van der Waals surface area contributed by atoms with Gasteiger partial charge in [0.05, 0.1) is 13.7 Å². The number of likely N-dealkylation sites (tertiary alicyclic amines) is 2. The van der Waals surface area contributed by atoms with E-state index < -0.39 is 17.6 Å². The molecule has 0 bridgehead atoms. The van der Waals surface area contributed by atoms with E-state index in [1.807, 2.05) is 0 Å². The zero-order valence-corrected chi connectivity index (χ0v) is 10.9. The van der Waals surface area contributed by atoms with E-state index in [1.165, 1.54) is 23.0 Å². The second-order valence-corrected chi connectivity index (χ2v) is 4.63. The minimum atomic E-state index is -1.09. The number of hydrogen-bond acceptors (Lipinski definition) is 4. The van der Waals surface area contributed by atoms with E-state index in [1.54, 1.807) is 6.92 Å². The summed E-state index contributed by atoms with van der Waals surface area (Å²) in [4.78, 5) is 37.4. The summed E-state index contributed by atoms with van der Waals surface area (Å²) in [5.41, 5.74) is -0.816. The Morgan fingerprint density at radius 1 is 1.47 bits per heavy atom. The number of allylic oxidation sites excluding steroid dienone is 1. The number of esters is 1. The van der Waals surface area contributed by atoms with E-state index >= 15 is 0 Å². The average molecular weight is 268 g/mol. The lowest BCUT2D eigenvalue weighted by molar-refractivity contribution is -0.160. The van der Waals surface area contributed by atoms with Crippen molar-refractivity contribution in [3.05, 3.63) is 11.8 Å². The van der Waals surface area contributed by atoms with Crippen molar-refractivity contribution in [3.8, 4) is 0 Å². The van der Waals surface area contributed by atoms with Crippen LogP contribution in [0.5, 0.6) is 0 Å². The molecule has 7 heteroatoms. The molecule has 0 aromatic rings. The molecule has 0 aromatic heterocycles. The summed E-state index contributed by atoms with van der Waals surface area (Å²) in [7, 11) is 1.24. The molecule has 2 heterocycles. The number of carbonyl (C=O) groups is 3. The molecule has 1 unspecified atom stereocenters. The Labute approximate surface area is 110 Å². The minimum absolute atomic E-state index is 0.162. The molecule has 2 saturated heterocycles. The summed E-state index contributed by atoms with van der Waals surface area (Å²) in [6.45, 7) is 2.21. The molecule has 7 nitrogen and oxygen atoms in total. The SMILES string of the molecule is C/C=C(/C(=O)OC)N1CC2(CCCN2C(=O)O)C1=O. The Balaban J connectivity index is 2.19. The molecule has 104 valence electrons. The minimum Gasteiger partial charge on any atom is -0.465 e. The van der Waals surface area contributed by atoms with Crippen molar-refractivity contribution in [2.24, 2.45) is 0 Å². The standard InChI is InChI=1S/C12H16N2O5/c1-3-8(9(15)19-2)13-7-12(10(13)16)5-4-6-14(12)11(17)18/h3H,4-7H2,1-2H3,(H,17,18)/b8-3-. The third-order valence-electron chi connectivity index (χ3n) is 3.74. The van der Waals surface area contributed by atoms with Crippen molar-refractivity contribution in [1.82, 2.24) is 9.80 Å². The molecule has 2 amide bonds. The zero-order valence-electron chi connectivity index (χ0n) is 10.9. The van der Waals surface area contributed by atoms with Crippen molar-refractivity contribution in [1.29, 1.82) is 0 Å². The lowest BCUT2D eigenvalue weighted by Crippen LogP contribution is -2.72. The summed E-state index contributed by atoms with van der Waals surface area (Å²) in [6, 6.07) is 0. The highest BCUT2D eigenvalue weighted by Crippen LogP contribution is 2.40. The number of carbonyl (C=O) groups excluding carboxylic acids is 2. The molecule has 19 heavy (non-hydrogen) atoms. The fraction of sp³-hybridized carbons (Fsp3) is 0.583. The van der Waals surface area contributed by atoms with Gasteiger partial charge in [0.1, 0.15) is 11.2 Å². The Morgan fingerprint density at radius 3 is 2.63 bits per heavy atom. The zero-order chi connectivity index (χ0) is 14.2. The molecule has 0 aromatic carbocycles. The van der Waals surface area contributed by atoms with Gasteiger partial charge in [-0.3, -0.25) is 9.69 Å². The van der Waals surface area contributed by atoms with E-state index in [9.17, 15) is 14.4 Å². The molecule has 0 radical (unpaired) electrons. The van der Waals surface area contributed by atoms with Crippen LogP contribution < -0.4 is 0 Å². The predicted molar refractivity (Wildman–Crippen MR) is 64.2 cm³/mol. The van der Waals surface area contributed by atoms with Crippen molar-refractivity contribution in [2.75, 3.05) is 20.2 Å². The van der Waals surface area contributed by atoms with Gasteiger partial charge in [0.2, 0.25) is 0 Å². The first-order valence-corrected chi connectivity index (χ1v) is 6.05. The Bertz CT molecular complexity index is 473. The van der Waals surface area contributed by atoms with Gasteiger partial charge in [0.25, 0.3) is 5.91 Å². The molecule has 2 aliphatic rings. The molecule has 0 aliphatic carbocycles. The summed E-state index contributed by atoms with van der Waals surface area (Å²) >= 11 is 0. The number of amides is 2. The maximum absolute atomic E-state index is 12.3. The van der Waals surface area contributed by atoms with E-state index in [0.717, 1.165) is 0 Å². The maximum Gasteiger partial charge on any atom is 0.408 e. The van der Waals surface area contributed by atoms with Gasteiger partial charge in [-0.15, -0.1) is 0 Å². The molecule has 1 N–H and O–H groups in total. The quantitative estimate of drug-likeness (QED) is 0.445. The Kier molecular flexibility index (Phi) is 3.21. The lowest BCUT2D eigenvalue weighted by Gasteiger charge is -2.50. The average Bonchev–Trinajstić information content (AvgIpc) is 2.84. The monoisotopic (exact) mass is 268 g/mol. The third-order valence-corrected chi connectivity index (χ3v) is 3.74. The van der Waals surface area contributed by atoms with Crippen LogP contribution in [-0.4, -0.2) is 58.6 Å². The molecular weight excluding hydrogens is 252 g/mol. The fourth-order valence-corrected chi connectivity index (χ4v) is 2.79. The van der Waals surface area contributed by atoms with Gasteiger partial charge in [-0.1, -0.05) is 6.08 Å². The largest absolute Gasteiger partial charge is 0.465 e. The van der Waals surface area contributed by atoms with Crippen molar-refractivity contribution in [2.45, 2.75) is 25.3 Å². The second kappa shape index (κ2) is 4.56. The van der Waals surface area contributed by atoms with Crippen LogP contribution >= 0.6 is 0 Å². The molecular formula is C12H16N2O5. The van der Waals surface area contributed by atoms with Crippen LogP contribution in [-0.2, 0) is 14.3 Å². The normalized spacial score (nSPS) is 26.6. The summed E-state index contributed by atoms with van der Waals surface area (Å²) < 4.78 is 4.60. The van der Waals surface area contributed by atoms with Gasteiger partial charge in [0.15, 0.2) is 0 Å². The van der Waals surface area contributed by atoms with Crippen LogP contribution in [0.4, 0.5) is 4.79 Å². The topological polar surface area (TPSA) is 87.2 Å². The van der Waals surface area contributed by atoms with Crippen LogP contribution in [0, 0.1) is 0 Å². The second-order valence-electron chi connectivity index (χ2n) is 4.63. The van der Waals surface area contributed by atoms with E-state index in [4.69, 9.17) is 5.11 Å². The van der Waals surface area contributed by atoms with Crippen LogP contribution in [0.1, 0.15) is 19.8 Å². The summed E-state index contributed by atoms with van der Waals surface area (Å²) in [5.74, 6) is -0.934.